The van der Waals surface area contributed by atoms with E-state index in [0.29, 0.717) is 11.5 Å². The van der Waals surface area contributed by atoms with Crippen LogP contribution >= 0.6 is 0 Å². The van der Waals surface area contributed by atoms with Gasteiger partial charge in [0.15, 0.2) is 6.10 Å². The second kappa shape index (κ2) is 6.66. The Morgan fingerprint density at radius 3 is 2.54 bits per heavy atom. The lowest BCUT2D eigenvalue weighted by atomic mass is 10.1. The van der Waals surface area contributed by atoms with Crippen LogP contribution in [-0.2, 0) is 4.74 Å². The number of esters is 1. The first kappa shape index (κ1) is 15.9. The Kier molecular flexibility index (Phi) is 4.42. The molecular formula is C19H18N2O3. The van der Waals surface area contributed by atoms with Crippen molar-refractivity contribution in [1.82, 2.24) is 10.2 Å². The van der Waals surface area contributed by atoms with Crippen LogP contribution in [0.2, 0.25) is 0 Å². The Bertz CT molecular complexity index is 856. The van der Waals surface area contributed by atoms with Gasteiger partial charge in [0.1, 0.15) is 0 Å². The first-order chi connectivity index (χ1) is 11.5. The third-order valence-electron chi connectivity index (χ3n) is 3.69. The molecule has 5 nitrogen and oxygen atoms in total. The van der Waals surface area contributed by atoms with Crippen LogP contribution in [0.15, 0.2) is 52.9 Å². The highest BCUT2D eigenvalue weighted by Gasteiger charge is 2.20. The van der Waals surface area contributed by atoms with Gasteiger partial charge in [-0.05, 0) is 44.5 Å². The van der Waals surface area contributed by atoms with Crippen LogP contribution in [0.25, 0.3) is 11.5 Å². The molecule has 0 bridgehead atoms. The molecule has 0 amide bonds. The van der Waals surface area contributed by atoms with E-state index < -0.39 is 12.1 Å². The highest BCUT2D eigenvalue weighted by Crippen LogP contribution is 2.23. The molecule has 0 fully saturated rings. The van der Waals surface area contributed by atoms with Gasteiger partial charge in [0, 0.05) is 5.56 Å². The van der Waals surface area contributed by atoms with Crippen molar-refractivity contribution < 1.29 is 13.9 Å². The molecule has 1 unspecified atom stereocenters. The van der Waals surface area contributed by atoms with Crippen LogP contribution in [0.4, 0.5) is 0 Å². The standard InChI is InChI=1S/C19H18N2O3/c1-12-9-10-16(13(2)11-12)19(22)23-14(3)17-20-21-18(24-17)15-7-5-4-6-8-15/h4-11,14H,1-3H3. The number of aryl methyl sites for hydroxylation is 2. The summed E-state index contributed by atoms with van der Waals surface area (Å²) < 4.78 is 11.1. The highest BCUT2D eigenvalue weighted by atomic mass is 16.6. The van der Waals surface area contributed by atoms with Gasteiger partial charge >= 0.3 is 5.97 Å². The van der Waals surface area contributed by atoms with E-state index in [9.17, 15) is 4.79 Å². The van der Waals surface area contributed by atoms with Crippen molar-refractivity contribution in [2.75, 3.05) is 0 Å². The normalized spacial score (nSPS) is 12.0. The van der Waals surface area contributed by atoms with E-state index in [1.165, 1.54) is 0 Å². The van der Waals surface area contributed by atoms with E-state index in [1.54, 1.807) is 13.0 Å². The van der Waals surface area contributed by atoms with E-state index in [-0.39, 0.29) is 5.89 Å². The van der Waals surface area contributed by atoms with E-state index >= 15 is 0 Å². The van der Waals surface area contributed by atoms with Gasteiger partial charge in [-0.2, -0.15) is 0 Å². The van der Waals surface area contributed by atoms with E-state index in [1.807, 2.05) is 56.3 Å². The molecule has 3 aromatic rings. The maximum atomic E-state index is 12.3. The van der Waals surface area contributed by atoms with Gasteiger partial charge in [0.25, 0.3) is 5.89 Å². The van der Waals surface area contributed by atoms with Crippen molar-refractivity contribution in [2.45, 2.75) is 26.9 Å². The van der Waals surface area contributed by atoms with E-state index in [2.05, 4.69) is 10.2 Å². The number of hydrogen-bond acceptors (Lipinski definition) is 5. The predicted molar refractivity (Wildman–Crippen MR) is 89.5 cm³/mol. The second-order valence-corrected chi connectivity index (χ2v) is 5.68. The van der Waals surface area contributed by atoms with Gasteiger partial charge in [-0.3, -0.25) is 0 Å². The van der Waals surface area contributed by atoms with Crippen molar-refractivity contribution >= 4 is 5.97 Å². The number of hydrogen-bond donors (Lipinski definition) is 0. The third-order valence-corrected chi connectivity index (χ3v) is 3.69. The highest BCUT2D eigenvalue weighted by molar-refractivity contribution is 5.91. The minimum absolute atomic E-state index is 0.270. The molecular weight excluding hydrogens is 304 g/mol. The fraction of sp³-hybridized carbons (Fsp3) is 0.211. The van der Waals surface area contributed by atoms with Gasteiger partial charge in [0.05, 0.1) is 5.56 Å². The number of carbonyl (C=O) groups excluding carboxylic acids is 1. The summed E-state index contributed by atoms with van der Waals surface area (Å²) in [5.74, 6) is 0.270. The zero-order valence-corrected chi connectivity index (χ0v) is 13.8. The van der Waals surface area contributed by atoms with E-state index in [0.717, 1.165) is 16.7 Å². The maximum Gasteiger partial charge on any atom is 0.339 e. The minimum Gasteiger partial charge on any atom is -0.449 e. The predicted octanol–water partition coefficient (Wildman–Crippen LogP) is 4.27. The zero-order chi connectivity index (χ0) is 17.1. The number of rotatable bonds is 4. The van der Waals surface area contributed by atoms with Crippen molar-refractivity contribution in [1.29, 1.82) is 0 Å². The van der Waals surface area contributed by atoms with Gasteiger partial charge in [0.2, 0.25) is 5.89 Å². The molecule has 5 heteroatoms. The second-order valence-electron chi connectivity index (χ2n) is 5.68. The number of nitrogens with zero attached hydrogens (tertiary/aromatic N) is 2. The molecule has 0 aliphatic rings. The largest absolute Gasteiger partial charge is 0.449 e. The van der Waals surface area contributed by atoms with Crippen LogP contribution in [0, 0.1) is 13.8 Å². The summed E-state index contributed by atoms with van der Waals surface area (Å²) in [6.45, 7) is 5.58. The third kappa shape index (κ3) is 3.35. The molecule has 1 aromatic heterocycles. The molecule has 0 saturated heterocycles. The molecule has 0 aliphatic carbocycles. The molecule has 0 aliphatic heterocycles. The van der Waals surface area contributed by atoms with Gasteiger partial charge in [-0.1, -0.05) is 35.9 Å². The number of ether oxygens (including phenoxy) is 1. The van der Waals surface area contributed by atoms with Crippen molar-refractivity contribution in [3.8, 4) is 11.5 Å². The molecule has 24 heavy (non-hydrogen) atoms. The summed E-state index contributed by atoms with van der Waals surface area (Å²) >= 11 is 0. The Labute approximate surface area is 140 Å². The maximum absolute atomic E-state index is 12.3. The number of carbonyl (C=O) groups is 1. The molecule has 3 rings (SSSR count). The van der Waals surface area contributed by atoms with E-state index in [4.69, 9.17) is 9.15 Å². The number of aromatic nitrogens is 2. The zero-order valence-electron chi connectivity index (χ0n) is 13.8. The Morgan fingerprint density at radius 2 is 1.83 bits per heavy atom. The lowest BCUT2D eigenvalue weighted by Crippen LogP contribution is -2.11. The molecule has 0 N–H and O–H groups in total. The van der Waals surface area contributed by atoms with Crippen LogP contribution in [0.3, 0.4) is 0 Å². The average Bonchev–Trinajstić information content (AvgIpc) is 3.05. The van der Waals surface area contributed by atoms with Crippen molar-refractivity contribution in [3.63, 3.8) is 0 Å². The van der Waals surface area contributed by atoms with Crippen LogP contribution in [0.1, 0.15) is 40.4 Å². The van der Waals surface area contributed by atoms with Crippen LogP contribution < -0.4 is 0 Å². The fourth-order valence-electron chi connectivity index (χ4n) is 2.41. The summed E-state index contributed by atoms with van der Waals surface area (Å²) in [6, 6.07) is 15.0. The van der Waals surface area contributed by atoms with Crippen LogP contribution in [-0.4, -0.2) is 16.2 Å². The smallest absolute Gasteiger partial charge is 0.339 e. The summed E-state index contributed by atoms with van der Waals surface area (Å²) in [6.07, 6.45) is -0.622. The Morgan fingerprint density at radius 1 is 1.08 bits per heavy atom. The lowest BCUT2D eigenvalue weighted by Gasteiger charge is -2.11. The molecule has 122 valence electrons. The molecule has 1 atom stereocenters. The minimum atomic E-state index is -0.622. The fourth-order valence-corrected chi connectivity index (χ4v) is 2.41. The molecule has 0 spiro atoms. The quantitative estimate of drug-likeness (QED) is 0.671. The molecule has 2 aromatic carbocycles. The van der Waals surface area contributed by atoms with Gasteiger partial charge in [-0.25, -0.2) is 4.79 Å². The first-order valence-corrected chi connectivity index (χ1v) is 7.71. The summed E-state index contributed by atoms with van der Waals surface area (Å²) in [5.41, 5.74) is 3.34. The topological polar surface area (TPSA) is 65.2 Å². The SMILES string of the molecule is Cc1ccc(C(=O)OC(C)c2nnc(-c3ccccc3)o2)c(C)c1. The average molecular weight is 322 g/mol. The van der Waals surface area contributed by atoms with Gasteiger partial charge < -0.3 is 9.15 Å². The van der Waals surface area contributed by atoms with Crippen molar-refractivity contribution in [3.05, 3.63) is 71.1 Å². The lowest BCUT2D eigenvalue weighted by molar-refractivity contribution is 0.0279. The summed E-state index contributed by atoms with van der Waals surface area (Å²) in [7, 11) is 0. The summed E-state index contributed by atoms with van der Waals surface area (Å²) in [5, 5.41) is 7.99. The van der Waals surface area contributed by atoms with Gasteiger partial charge in [-0.15, -0.1) is 10.2 Å². The van der Waals surface area contributed by atoms with Crippen LogP contribution in [0.5, 0.6) is 0 Å². The Balaban J connectivity index is 1.74. The Hall–Kier alpha value is -2.95. The first-order valence-electron chi connectivity index (χ1n) is 7.71. The monoisotopic (exact) mass is 322 g/mol. The molecule has 0 radical (unpaired) electrons. The molecule has 1 heterocycles. The van der Waals surface area contributed by atoms with Crippen molar-refractivity contribution in [2.24, 2.45) is 0 Å². The molecule has 0 saturated carbocycles. The summed E-state index contributed by atoms with van der Waals surface area (Å²) in [4.78, 5) is 12.3. The number of benzene rings is 2.